The van der Waals surface area contributed by atoms with Gasteiger partial charge in [-0.1, -0.05) is 40.0 Å². The van der Waals surface area contributed by atoms with E-state index in [4.69, 9.17) is 0 Å². The van der Waals surface area contributed by atoms with Gasteiger partial charge in [0.1, 0.15) is 0 Å². The second-order valence-electron chi connectivity index (χ2n) is 3.90. The van der Waals surface area contributed by atoms with Crippen molar-refractivity contribution < 1.29 is 5.48 Å². The van der Waals surface area contributed by atoms with Gasteiger partial charge in [-0.2, -0.15) is 0 Å². The smallest absolute Gasteiger partial charge is 0.0326 e. The second-order valence-corrected chi connectivity index (χ2v) is 6.59. The van der Waals surface area contributed by atoms with Crippen LogP contribution < -0.4 is 0 Å². The van der Waals surface area contributed by atoms with E-state index in [-0.39, 0.29) is 5.48 Å². The van der Waals surface area contributed by atoms with Crippen LogP contribution in [0.5, 0.6) is 0 Å². The van der Waals surface area contributed by atoms with Crippen molar-refractivity contribution in [2.45, 2.75) is 59.3 Å². The zero-order chi connectivity index (χ0) is 9.94. The van der Waals surface area contributed by atoms with Gasteiger partial charge in [0, 0.05) is 0 Å². The highest BCUT2D eigenvalue weighted by atomic mass is 31.1. The zero-order valence-corrected chi connectivity index (χ0v) is 11.2. The molecule has 0 saturated heterocycles. The molecule has 0 aliphatic rings. The summed E-state index contributed by atoms with van der Waals surface area (Å²) in [5, 5.41) is 0. The van der Waals surface area contributed by atoms with E-state index in [0.717, 1.165) is 0 Å². The predicted octanol–water partition coefficient (Wildman–Crippen LogP) is 4.04. The maximum atomic E-state index is 2.31. The van der Waals surface area contributed by atoms with Crippen molar-refractivity contribution in [1.29, 1.82) is 0 Å². The van der Waals surface area contributed by atoms with Crippen molar-refractivity contribution >= 4 is 7.92 Å². The van der Waals surface area contributed by atoms with Crippen LogP contribution in [0.1, 0.15) is 59.3 Å². The highest BCUT2D eigenvalue weighted by Crippen LogP contribution is 2.38. The Bertz CT molecular complexity index is 77.3. The van der Waals surface area contributed by atoms with Crippen LogP contribution in [-0.2, 0) is 0 Å². The SMILES string of the molecule is CCCCP(CCCC)CCCC.O. The number of unbranched alkanes of at least 4 members (excludes halogenated alkanes) is 3. The molecule has 0 heterocycles. The van der Waals surface area contributed by atoms with Crippen LogP contribution in [0.4, 0.5) is 0 Å². The Kier molecular flexibility index (Phi) is 16.1. The van der Waals surface area contributed by atoms with E-state index in [1.807, 2.05) is 0 Å². The van der Waals surface area contributed by atoms with Crippen molar-refractivity contribution in [3.05, 3.63) is 0 Å². The molecule has 0 bridgehead atoms. The van der Waals surface area contributed by atoms with Gasteiger partial charge in [-0.15, -0.1) is 7.92 Å². The van der Waals surface area contributed by atoms with E-state index in [2.05, 4.69) is 20.8 Å². The minimum absolute atomic E-state index is 0. The van der Waals surface area contributed by atoms with Crippen LogP contribution in [0.2, 0.25) is 0 Å². The van der Waals surface area contributed by atoms with Gasteiger partial charge in [-0.3, -0.25) is 0 Å². The minimum atomic E-state index is 0. The summed E-state index contributed by atoms with van der Waals surface area (Å²) in [4.78, 5) is 0. The zero-order valence-electron chi connectivity index (χ0n) is 10.3. The average molecular weight is 220 g/mol. The average Bonchev–Trinajstić information content (AvgIpc) is 2.17. The molecule has 88 valence electrons. The van der Waals surface area contributed by atoms with Gasteiger partial charge in [0.25, 0.3) is 0 Å². The lowest BCUT2D eigenvalue weighted by Crippen LogP contribution is -1.95. The number of hydrogen-bond acceptors (Lipinski definition) is 0. The molecule has 0 rings (SSSR count). The first-order valence-electron chi connectivity index (χ1n) is 6.07. The highest BCUT2D eigenvalue weighted by molar-refractivity contribution is 7.57. The first-order valence-corrected chi connectivity index (χ1v) is 7.97. The van der Waals surface area contributed by atoms with E-state index >= 15 is 0 Å². The number of rotatable bonds is 9. The molecular weight excluding hydrogens is 191 g/mol. The van der Waals surface area contributed by atoms with E-state index in [0.29, 0.717) is 7.92 Å². The van der Waals surface area contributed by atoms with Gasteiger partial charge in [-0.05, 0) is 37.7 Å². The standard InChI is InChI=1S/C12H27P.H2O/c1-4-7-10-13(11-8-5-2)12-9-6-3;/h4-12H2,1-3H3;1H2. The third-order valence-electron chi connectivity index (χ3n) is 2.48. The molecule has 0 atom stereocenters. The third-order valence-corrected chi connectivity index (χ3v) is 5.33. The summed E-state index contributed by atoms with van der Waals surface area (Å²) in [5.74, 6) is 0. The van der Waals surface area contributed by atoms with E-state index in [1.54, 1.807) is 18.5 Å². The first-order chi connectivity index (χ1) is 6.35. The lowest BCUT2D eigenvalue weighted by atomic mass is 10.4. The van der Waals surface area contributed by atoms with Gasteiger partial charge in [-0.25, -0.2) is 0 Å². The Morgan fingerprint density at radius 3 is 1.14 bits per heavy atom. The van der Waals surface area contributed by atoms with Gasteiger partial charge in [0.15, 0.2) is 0 Å². The van der Waals surface area contributed by atoms with E-state index < -0.39 is 0 Å². The minimum Gasteiger partial charge on any atom is -0.412 e. The molecule has 0 fully saturated rings. The Morgan fingerprint density at radius 2 is 0.929 bits per heavy atom. The maximum absolute atomic E-state index is 2.31. The molecular formula is C12H29OP. The number of hydrogen-bond donors (Lipinski definition) is 0. The van der Waals surface area contributed by atoms with Crippen molar-refractivity contribution in [3.63, 3.8) is 0 Å². The van der Waals surface area contributed by atoms with Crippen molar-refractivity contribution in [1.82, 2.24) is 0 Å². The fraction of sp³-hybridized carbons (Fsp3) is 1.00. The van der Waals surface area contributed by atoms with Crippen molar-refractivity contribution in [2.24, 2.45) is 0 Å². The summed E-state index contributed by atoms with van der Waals surface area (Å²) in [6, 6.07) is 0. The van der Waals surface area contributed by atoms with Crippen molar-refractivity contribution in [2.75, 3.05) is 18.5 Å². The molecule has 0 aromatic carbocycles. The molecule has 2 heteroatoms. The lowest BCUT2D eigenvalue weighted by Gasteiger charge is -2.16. The molecule has 0 saturated carbocycles. The first kappa shape index (κ1) is 16.8. The topological polar surface area (TPSA) is 31.5 Å². The molecule has 0 aromatic heterocycles. The Labute approximate surface area is 91.7 Å². The summed E-state index contributed by atoms with van der Waals surface area (Å²) in [6.07, 6.45) is 13.2. The fourth-order valence-corrected chi connectivity index (χ4v) is 4.44. The summed E-state index contributed by atoms with van der Waals surface area (Å²) >= 11 is 0. The monoisotopic (exact) mass is 220 g/mol. The Morgan fingerprint density at radius 1 is 0.643 bits per heavy atom. The van der Waals surface area contributed by atoms with Gasteiger partial charge >= 0.3 is 0 Å². The summed E-state index contributed by atoms with van der Waals surface area (Å²) in [6.45, 7) is 6.94. The third kappa shape index (κ3) is 10.5. The molecule has 1 nitrogen and oxygen atoms in total. The molecule has 2 N–H and O–H groups in total. The van der Waals surface area contributed by atoms with E-state index in [9.17, 15) is 0 Å². The van der Waals surface area contributed by atoms with Crippen LogP contribution in [0.15, 0.2) is 0 Å². The molecule has 0 aliphatic carbocycles. The molecule has 0 unspecified atom stereocenters. The molecule has 14 heavy (non-hydrogen) atoms. The summed E-state index contributed by atoms with van der Waals surface area (Å²) in [5.41, 5.74) is 0. The molecule has 0 radical (unpaired) electrons. The lowest BCUT2D eigenvalue weighted by molar-refractivity contribution is 0.824. The van der Waals surface area contributed by atoms with Crippen LogP contribution in [-0.4, -0.2) is 24.0 Å². The van der Waals surface area contributed by atoms with Gasteiger partial charge in [0.2, 0.25) is 0 Å². The van der Waals surface area contributed by atoms with Crippen LogP contribution in [0.3, 0.4) is 0 Å². The molecule has 0 aromatic rings. The van der Waals surface area contributed by atoms with E-state index in [1.165, 1.54) is 38.5 Å². The van der Waals surface area contributed by atoms with Gasteiger partial charge < -0.3 is 5.48 Å². The van der Waals surface area contributed by atoms with Crippen LogP contribution in [0.25, 0.3) is 0 Å². The molecule has 0 spiro atoms. The molecule has 0 amide bonds. The summed E-state index contributed by atoms with van der Waals surface area (Å²) in [7, 11) is 0.422. The normalized spacial score (nSPS) is 10.3. The molecule has 0 aliphatic heterocycles. The highest BCUT2D eigenvalue weighted by Gasteiger charge is 2.05. The van der Waals surface area contributed by atoms with Crippen LogP contribution in [0, 0.1) is 0 Å². The van der Waals surface area contributed by atoms with Gasteiger partial charge in [0.05, 0.1) is 0 Å². The Balaban J connectivity index is 0. The van der Waals surface area contributed by atoms with Crippen molar-refractivity contribution in [3.8, 4) is 0 Å². The quantitative estimate of drug-likeness (QED) is 0.525. The fourth-order valence-electron chi connectivity index (χ4n) is 1.48. The predicted molar refractivity (Wildman–Crippen MR) is 69.9 cm³/mol. The largest absolute Gasteiger partial charge is 0.412 e. The van der Waals surface area contributed by atoms with Crippen LogP contribution >= 0.6 is 7.92 Å². The maximum Gasteiger partial charge on any atom is -0.0326 e. The second kappa shape index (κ2) is 13.4. The Hall–Kier alpha value is 0.390. The summed E-state index contributed by atoms with van der Waals surface area (Å²) < 4.78 is 0.